The molecule has 11 heteroatoms. The maximum absolute atomic E-state index is 11.9. The zero-order valence-electron chi connectivity index (χ0n) is 23.6. The predicted molar refractivity (Wildman–Crippen MR) is 164 cm³/mol. The van der Waals surface area contributed by atoms with Gasteiger partial charge >= 0.3 is 5.97 Å². The van der Waals surface area contributed by atoms with Crippen molar-refractivity contribution in [3.8, 4) is 28.4 Å². The number of sulfonamides is 1. The molecule has 0 saturated carbocycles. The van der Waals surface area contributed by atoms with E-state index in [2.05, 4.69) is 10.0 Å². The molecule has 226 valence electrons. The lowest BCUT2D eigenvalue weighted by molar-refractivity contribution is -0.139. The summed E-state index contributed by atoms with van der Waals surface area (Å²) < 4.78 is 43.2. The standard InChI is InChI=1S/C32H34N2O8S/c1-43(38,39)34-29-19-26(11-16-31(29)42-21-23-5-3-2-4-6-23)30(35)20-33-17-18-40-27-12-7-24(8-13-27)25-9-14-28(15-10-25)41-22-32(36)37/h2-16,19,30,33-35H,17-18,20-22H2,1H3,(H,36,37)/t30-/m0/s1. The molecular weight excluding hydrogens is 572 g/mol. The summed E-state index contributed by atoms with van der Waals surface area (Å²) in [5.41, 5.74) is 3.65. The van der Waals surface area contributed by atoms with Crippen molar-refractivity contribution in [2.75, 3.05) is 37.3 Å². The number of carbonyl (C=O) groups is 1. The maximum atomic E-state index is 11.9. The molecule has 4 aromatic rings. The number of aliphatic carboxylic acids is 1. The minimum Gasteiger partial charge on any atom is -0.492 e. The van der Waals surface area contributed by atoms with Crippen LogP contribution in [0.5, 0.6) is 17.2 Å². The third-order valence-electron chi connectivity index (χ3n) is 6.21. The molecular formula is C32H34N2O8S. The molecule has 0 aliphatic heterocycles. The Balaban J connectivity index is 1.24. The normalized spacial score (nSPS) is 11.9. The first kappa shape index (κ1) is 31.4. The molecule has 0 amide bonds. The van der Waals surface area contributed by atoms with Gasteiger partial charge in [-0.2, -0.15) is 0 Å². The summed E-state index contributed by atoms with van der Waals surface area (Å²) in [6.45, 7) is 0.959. The Morgan fingerprint density at radius 2 is 1.47 bits per heavy atom. The van der Waals surface area contributed by atoms with E-state index >= 15 is 0 Å². The van der Waals surface area contributed by atoms with Crippen LogP contribution in [0, 0.1) is 0 Å². The number of benzene rings is 4. The second-order valence-electron chi connectivity index (χ2n) is 9.70. The molecule has 0 bridgehead atoms. The molecule has 0 saturated heterocycles. The third kappa shape index (κ3) is 10.3. The van der Waals surface area contributed by atoms with E-state index in [1.165, 1.54) is 0 Å². The molecule has 0 spiro atoms. The van der Waals surface area contributed by atoms with Crippen LogP contribution in [0.3, 0.4) is 0 Å². The lowest BCUT2D eigenvalue weighted by Crippen LogP contribution is -2.26. The monoisotopic (exact) mass is 606 g/mol. The van der Waals surface area contributed by atoms with Crippen molar-refractivity contribution in [2.24, 2.45) is 0 Å². The number of anilines is 1. The molecule has 4 N–H and O–H groups in total. The Bertz CT molecular complexity index is 1580. The highest BCUT2D eigenvalue weighted by Crippen LogP contribution is 2.30. The van der Waals surface area contributed by atoms with Gasteiger partial charge in [-0.05, 0) is 58.7 Å². The Kier molecular flexibility index (Phi) is 11.0. The van der Waals surface area contributed by atoms with Gasteiger partial charge in [-0.3, -0.25) is 4.72 Å². The molecule has 0 aromatic heterocycles. The topological polar surface area (TPSA) is 143 Å². The number of aliphatic hydroxyl groups excluding tert-OH is 1. The van der Waals surface area contributed by atoms with Crippen LogP contribution < -0.4 is 24.2 Å². The fraction of sp³-hybridized carbons (Fsp3) is 0.219. The molecule has 43 heavy (non-hydrogen) atoms. The zero-order chi connectivity index (χ0) is 30.7. The summed E-state index contributed by atoms with van der Waals surface area (Å²) in [6.07, 6.45) is 0.175. The average molecular weight is 607 g/mol. The molecule has 4 rings (SSSR count). The van der Waals surface area contributed by atoms with Crippen molar-refractivity contribution in [3.63, 3.8) is 0 Å². The molecule has 1 atom stereocenters. The lowest BCUT2D eigenvalue weighted by atomic mass is 10.1. The van der Waals surface area contributed by atoms with Crippen LogP contribution >= 0.6 is 0 Å². The number of carboxylic acids is 1. The smallest absolute Gasteiger partial charge is 0.341 e. The summed E-state index contributed by atoms with van der Waals surface area (Å²) in [7, 11) is -3.57. The molecule has 0 heterocycles. The largest absolute Gasteiger partial charge is 0.492 e. The van der Waals surface area contributed by atoms with Crippen molar-refractivity contribution < 1.29 is 37.6 Å². The summed E-state index contributed by atoms with van der Waals surface area (Å²) in [4.78, 5) is 10.6. The number of carboxylic acid groups (broad SMARTS) is 1. The Morgan fingerprint density at radius 3 is 2.07 bits per heavy atom. The van der Waals surface area contributed by atoms with E-state index in [0.29, 0.717) is 36.0 Å². The number of hydrogen-bond acceptors (Lipinski definition) is 8. The third-order valence-corrected chi connectivity index (χ3v) is 6.80. The molecule has 10 nitrogen and oxygen atoms in total. The van der Waals surface area contributed by atoms with Crippen molar-refractivity contribution in [1.29, 1.82) is 0 Å². The average Bonchev–Trinajstić information content (AvgIpc) is 2.99. The second kappa shape index (κ2) is 15.1. The van der Waals surface area contributed by atoms with Gasteiger partial charge in [0.05, 0.1) is 18.0 Å². The van der Waals surface area contributed by atoms with E-state index in [1.807, 2.05) is 66.7 Å². The Labute approximate surface area is 250 Å². The molecule has 0 unspecified atom stereocenters. The van der Waals surface area contributed by atoms with Gasteiger partial charge in [0.25, 0.3) is 0 Å². The van der Waals surface area contributed by atoms with Crippen LogP contribution in [0.4, 0.5) is 5.69 Å². The summed E-state index contributed by atoms with van der Waals surface area (Å²) in [5.74, 6) is 0.508. The van der Waals surface area contributed by atoms with Crippen LogP contribution in [-0.4, -0.2) is 57.2 Å². The fourth-order valence-electron chi connectivity index (χ4n) is 4.13. The van der Waals surface area contributed by atoms with Gasteiger partial charge in [0.15, 0.2) is 6.61 Å². The minimum absolute atomic E-state index is 0.233. The fourth-order valence-corrected chi connectivity index (χ4v) is 4.68. The highest BCUT2D eigenvalue weighted by atomic mass is 32.2. The maximum Gasteiger partial charge on any atom is 0.341 e. The molecule has 0 radical (unpaired) electrons. The van der Waals surface area contributed by atoms with E-state index in [0.717, 1.165) is 22.9 Å². The number of aliphatic hydroxyl groups is 1. The summed E-state index contributed by atoms with van der Waals surface area (Å²) >= 11 is 0. The van der Waals surface area contributed by atoms with Gasteiger partial charge in [-0.15, -0.1) is 0 Å². The van der Waals surface area contributed by atoms with Gasteiger partial charge < -0.3 is 29.7 Å². The van der Waals surface area contributed by atoms with Crippen LogP contribution in [-0.2, 0) is 21.4 Å². The quantitative estimate of drug-likeness (QED) is 0.136. The number of nitrogens with one attached hydrogen (secondary N) is 2. The number of rotatable bonds is 16. The van der Waals surface area contributed by atoms with Crippen LogP contribution in [0.2, 0.25) is 0 Å². The summed E-state index contributed by atoms with van der Waals surface area (Å²) in [6, 6.07) is 29.2. The number of ether oxygens (including phenoxy) is 3. The van der Waals surface area contributed by atoms with Gasteiger partial charge in [0, 0.05) is 13.1 Å². The van der Waals surface area contributed by atoms with Gasteiger partial charge in [-0.25, -0.2) is 13.2 Å². The number of hydrogen-bond donors (Lipinski definition) is 4. The van der Waals surface area contributed by atoms with Crippen LogP contribution in [0.1, 0.15) is 17.2 Å². The second-order valence-corrected chi connectivity index (χ2v) is 11.5. The van der Waals surface area contributed by atoms with Crippen molar-refractivity contribution >= 4 is 21.7 Å². The lowest BCUT2D eigenvalue weighted by Gasteiger charge is -2.17. The van der Waals surface area contributed by atoms with Crippen LogP contribution in [0.15, 0.2) is 97.1 Å². The van der Waals surface area contributed by atoms with E-state index < -0.39 is 22.1 Å². The highest BCUT2D eigenvalue weighted by Gasteiger charge is 2.14. The first-order chi connectivity index (χ1) is 20.7. The van der Waals surface area contributed by atoms with Crippen LogP contribution in [0.25, 0.3) is 11.1 Å². The predicted octanol–water partition coefficient (Wildman–Crippen LogP) is 4.47. The SMILES string of the molecule is CS(=O)(=O)Nc1cc([C@@H](O)CNCCOc2ccc(-c3ccc(OCC(=O)O)cc3)cc2)ccc1OCc1ccccc1. The van der Waals surface area contributed by atoms with Crippen molar-refractivity contribution in [1.82, 2.24) is 5.32 Å². The van der Waals surface area contributed by atoms with Gasteiger partial charge in [0.1, 0.15) is 30.5 Å². The van der Waals surface area contributed by atoms with Gasteiger partial charge in [0.2, 0.25) is 10.0 Å². The molecule has 0 fully saturated rings. The van der Waals surface area contributed by atoms with E-state index in [4.69, 9.17) is 19.3 Å². The Morgan fingerprint density at radius 1 is 0.837 bits per heavy atom. The first-order valence-corrected chi connectivity index (χ1v) is 15.4. The van der Waals surface area contributed by atoms with E-state index in [1.54, 1.807) is 30.3 Å². The van der Waals surface area contributed by atoms with Crippen molar-refractivity contribution in [2.45, 2.75) is 12.7 Å². The minimum atomic E-state index is -3.57. The molecule has 4 aromatic carbocycles. The molecule has 0 aliphatic rings. The van der Waals surface area contributed by atoms with Crippen molar-refractivity contribution in [3.05, 3.63) is 108 Å². The van der Waals surface area contributed by atoms with E-state index in [-0.39, 0.29) is 25.4 Å². The highest BCUT2D eigenvalue weighted by molar-refractivity contribution is 7.92. The van der Waals surface area contributed by atoms with E-state index in [9.17, 15) is 18.3 Å². The molecule has 0 aliphatic carbocycles. The zero-order valence-corrected chi connectivity index (χ0v) is 24.4. The Hall–Kier alpha value is -4.58. The first-order valence-electron chi connectivity index (χ1n) is 13.5. The summed E-state index contributed by atoms with van der Waals surface area (Å²) in [5, 5.41) is 22.6. The van der Waals surface area contributed by atoms with Gasteiger partial charge in [-0.1, -0.05) is 60.7 Å².